The minimum absolute atomic E-state index is 0.181. The lowest BCUT2D eigenvalue weighted by Crippen LogP contribution is -2.40. The zero-order chi connectivity index (χ0) is 12.5. The average molecular weight is 248 g/mol. The standard InChI is InChI=1S/C11H18ClNO3/c1-7-8(9(12)14)5-6-13(7)10(15)16-11(2,3)4/h7-8H,5-6H2,1-4H3. The minimum atomic E-state index is -0.514. The Hall–Kier alpha value is -0.770. The number of rotatable bonds is 1. The molecule has 0 radical (unpaired) electrons. The zero-order valence-corrected chi connectivity index (χ0v) is 10.9. The predicted molar refractivity (Wildman–Crippen MR) is 61.4 cm³/mol. The van der Waals surface area contributed by atoms with Gasteiger partial charge in [-0.2, -0.15) is 0 Å². The smallest absolute Gasteiger partial charge is 0.410 e. The average Bonchev–Trinajstić information content (AvgIpc) is 2.43. The molecule has 0 aromatic carbocycles. The summed E-state index contributed by atoms with van der Waals surface area (Å²) in [6, 6.07) is -0.181. The highest BCUT2D eigenvalue weighted by atomic mass is 35.5. The zero-order valence-electron chi connectivity index (χ0n) is 10.1. The highest BCUT2D eigenvalue weighted by molar-refractivity contribution is 6.64. The van der Waals surface area contributed by atoms with Gasteiger partial charge in [-0.3, -0.25) is 4.79 Å². The van der Waals surface area contributed by atoms with E-state index in [4.69, 9.17) is 16.3 Å². The lowest BCUT2D eigenvalue weighted by atomic mass is 10.0. The summed E-state index contributed by atoms with van der Waals surface area (Å²) in [5.74, 6) is -0.269. The van der Waals surface area contributed by atoms with Crippen LogP contribution in [0.3, 0.4) is 0 Å². The van der Waals surface area contributed by atoms with E-state index in [2.05, 4.69) is 0 Å². The van der Waals surface area contributed by atoms with Crippen molar-refractivity contribution in [2.24, 2.45) is 5.92 Å². The van der Waals surface area contributed by atoms with Crippen LogP contribution in [0.5, 0.6) is 0 Å². The lowest BCUT2D eigenvalue weighted by molar-refractivity contribution is -0.115. The molecule has 1 heterocycles. The SMILES string of the molecule is CC1C(C(=O)Cl)CCN1C(=O)OC(C)(C)C. The van der Waals surface area contributed by atoms with Gasteiger partial charge in [-0.05, 0) is 45.7 Å². The number of carbonyl (C=O) groups excluding carboxylic acids is 2. The molecule has 92 valence electrons. The first-order valence-electron chi connectivity index (χ1n) is 5.41. The Labute approximate surface area is 101 Å². The van der Waals surface area contributed by atoms with Crippen molar-refractivity contribution < 1.29 is 14.3 Å². The molecule has 1 fully saturated rings. The van der Waals surface area contributed by atoms with Crippen LogP contribution in [0.2, 0.25) is 0 Å². The molecule has 0 spiro atoms. The minimum Gasteiger partial charge on any atom is -0.444 e. The summed E-state index contributed by atoms with van der Waals surface area (Å²) in [6.07, 6.45) is 0.239. The Kier molecular flexibility index (Phi) is 3.84. The van der Waals surface area contributed by atoms with Crippen LogP contribution < -0.4 is 0 Å². The number of hydrogen-bond donors (Lipinski definition) is 0. The van der Waals surface area contributed by atoms with Gasteiger partial charge >= 0.3 is 6.09 Å². The fourth-order valence-electron chi connectivity index (χ4n) is 1.82. The maximum atomic E-state index is 11.8. The van der Waals surface area contributed by atoms with Crippen molar-refractivity contribution >= 4 is 22.9 Å². The molecule has 0 aromatic heterocycles. The molecular weight excluding hydrogens is 230 g/mol. The molecule has 1 aliphatic heterocycles. The summed E-state index contributed by atoms with van der Waals surface area (Å²) in [5.41, 5.74) is -0.514. The molecule has 0 N–H and O–H groups in total. The van der Waals surface area contributed by atoms with E-state index in [0.29, 0.717) is 13.0 Å². The molecule has 2 unspecified atom stereocenters. The number of nitrogens with zero attached hydrogens (tertiary/aromatic N) is 1. The largest absolute Gasteiger partial charge is 0.444 e. The van der Waals surface area contributed by atoms with Crippen molar-refractivity contribution in [3.8, 4) is 0 Å². The van der Waals surface area contributed by atoms with E-state index in [0.717, 1.165) is 0 Å². The summed E-state index contributed by atoms with van der Waals surface area (Å²) < 4.78 is 5.25. The summed E-state index contributed by atoms with van der Waals surface area (Å²) in [6.45, 7) is 7.79. The quantitative estimate of drug-likeness (QED) is 0.669. The number of halogens is 1. The van der Waals surface area contributed by atoms with Crippen molar-refractivity contribution in [2.75, 3.05) is 6.54 Å². The molecule has 0 aliphatic carbocycles. The van der Waals surface area contributed by atoms with Crippen LogP contribution in [-0.2, 0) is 9.53 Å². The topological polar surface area (TPSA) is 46.6 Å². The summed E-state index contributed by atoms with van der Waals surface area (Å²) in [5, 5.41) is -0.376. The first kappa shape index (κ1) is 13.3. The van der Waals surface area contributed by atoms with Crippen LogP contribution in [0.15, 0.2) is 0 Å². The molecule has 0 bridgehead atoms. The van der Waals surface area contributed by atoms with E-state index in [1.54, 1.807) is 4.90 Å². The summed E-state index contributed by atoms with van der Waals surface area (Å²) in [7, 11) is 0. The molecule has 5 heteroatoms. The Morgan fingerprint density at radius 3 is 2.31 bits per heavy atom. The van der Waals surface area contributed by atoms with Gasteiger partial charge < -0.3 is 9.64 Å². The van der Waals surface area contributed by atoms with Crippen LogP contribution in [0, 0.1) is 5.92 Å². The number of likely N-dealkylation sites (tertiary alicyclic amines) is 1. The van der Waals surface area contributed by atoms with Gasteiger partial charge in [0.15, 0.2) is 0 Å². The van der Waals surface area contributed by atoms with Crippen LogP contribution in [0.25, 0.3) is 0 Å². The van der Waals surface area contributed by atoms with Crippen molar-refractivity contribution in [2.45, 2.75) is 45.8 Å². The molecule has 1 amide bonds. The Morgan fingerprint density at radius 2 is 1.94 bits per heavy atom. The van der Waals surface area contributed by atoms with E-state index in [9.17, 15) is 9.59 Å². The third-order valence-electron chi connectivity index (χ3n) is 2.67. The molecule has 0 saturated carbocycles. The van der Waals surface area contributed by atoms with Gasteiger partial charge in [0, 0.05) is 12.6 Å². The second kappa shape index (κ2) is 4.62. The van der Waals surface area contributed by atoms with Gasteiger partial charge in [0.25, 0.3) is 0 Å². The number of ether oxygens (including phenoxy) is 1. The van der Waals surface area contributed by atoms with Gasteiger partial charge in [0.1, 0.15) is 5.60 Å². The normalized spacial score (nSPS) is 25.7. The van der Waals surface area contributed by atoms with Gasteiger partial charge in [0.05, 0.1) is 5.92 Å². The van der Waals surface area contributed by atoms with E-state index >= 15 is 0 Å². The summed E-state index contributed by atoms with van der Waals surface area (Å²) in [4.78, 5) is 24.5. The first-order chi connectivity index (χ1) is 7.22. The van der Waals surface area contributed by atoms with E-state index < -0.39 is 5.60 Å². The molecule has 1 rings (SSSR count). The maximum absolute atomic E-state index is 11.8. The highest BCUT2D eigenvalue weighted by Gasteiger charge is 2.39. The second-order valence-electron chi connectivity index (χ2n) is 5.11. The molecular formula is C11H18ClNO3. The summed E-state index contributed by atoms with van der Waals surface area (Å²) >= 11 is 5.46. The van der Waals surface area contributed by atoms with Crippen molar-refractivity contribution in [3.63, 3.8) is 0 Å². The number of carbonyl (C=O) groups is 2. The second-order valence-corrected chi connectivity index (χ2v) is 5.49. The molecule has 0 aromatic rings. The van der Waals surface area contributed by atoms with Crippen molar-refractivity contribution in [1.29, 1.82) is 0 Å². The Morgan fingerprint density at radius 1 is 1.38 bits per heavy atom. The van der Waals surface area contributed by atoms with Crippen molar-refractivity contribution in [3.05, 3.63) is 0 Å². The van der Waals surface area contributed by atoms with Gasteiger partial charge in [-0.15, -0.1) is 0 Å². The molecule has 1 aliphatic rings. The maximum Gasteiger partial charge on any atom is 0.410 e. The fourth-order valence-corrected chi connectivity index (χ4v) is 2.11. The Balaban J connectivity index is 2.63. The van der Waals surface area contributed by atoms with E-state index in [1.165, 1.54) is 0 Å². The third-order valence-corrected chi connectivity index (χ3v) is 2.95. The third kappa shape index (κ3) is 3.11. The molecule has 2 atom stereocenters. The highest BCUT2D eigenvalue weighted by Crippen LogP contribution is 2.27. The molecule has 16 heavy (non-hydrogen) atoms. The van der Waals surface area contributed by atoms with Crippen LogP contribution >= 0.6 is 11.6 Å². The lowest BCUT2D eigenvalue weighted by Gasteiger charge is -2.27. The Bertz CT molecular complexity index is 298. The van der Waals surface area contributed by atoms with Crippen LogP contribution in [-0.4, -0.2) is 34.4 Å². The first-order valence-corrected chi connectivity index (χ1v) is 5.79. The number of amides is 1. The van der Waals surface area contributed by atoms with Gasteiger partial charge in [-0.1, -0.05) is 0 Å². The van der Waals surface area contributed by atoms with Crippen LogP contribution in [0.1, 0.15) is 34.1 Å². The monoisotopic (exact) mass is 247 g/mol. The van der Waals surface area contributed by atoms with Crippen molar-refractivity contribution in [1.82, 2.24) is 4.90 Å². The van der Waals surface area contributed by atoms with Gasteiger partial charge in [0.2, 0.25) is 5.24 Å². The molecule has 4 nitrogen and oxygen atoms in total. The van der Waals surface area contributed by atoms with Crippen LogP contribution in [0.4, 0.5) is 4.79 Å². The van der Waals surface area contributed by atoms with E-state index in [-0.39, 0.29) is 23.3 Å². The molecule has 1 saturated heterocycles. The van der Waals surface area contributed by atoms with Gasteiger partial charge in [-0.25, -0.2) is 4.79 Å². The number of hydrogen-bond acceptors (Lipinski definition) is 3. The fraction of sp³-hybridized carbons (Fsp3) is 0.818. The van der Waals surface area contributed by atoms with E-state index in [1.807, 2.05) is 27.7 Å². The predicted octanol–water partition coefficient (Wildman–Crippen LogP) is 2.40.